The summed E-state index contributed by atoms with van der Waals surface area (Å²) < 4.78 is 0. The molecule has 0 aliphatic carbocycles. The van der Waals surface area contributed by atoms with Gasteiger partial charge in [0.25, 0.3) is 0 Å². The van der Waals surface area contributed by atoms with E-state index in [1.165, 1.54) is 0 Å². The van der Waals surface area contributed by atoms with E-state index in [1.54, 1.807) is 6.92 Å². The molecule has 5 heteroatoms. The molecule has 2 N–H and O–H groups in total. The van der Waals surface area contributed by atoms with Gasteiger partial charge in [-0.25, -0.2) is 0 Å². The van der Waals surface area contributed by atoms with Crippen molar-refractivity contribution in [1.82, 2.24) is 9.80 Å². The van der Waals surface area contributed by atoms with Crippen molar-refractivity contribution in [2.45, 2.75) is 53.1 Å². The van der Waals surface area contributed by atoms with Gasteiger partial charge in [-0.1, -0.05) is 13.8 Å². The molecule has 0 saturated carbocycles. The summed E-state index contributed by atoms with van der Waals surface area (Å²) in [5.74, 6) is 0.667. The minimum atomic E-state index is -0.414. The Morgan fingerprint density at radius 2 is 1.90 bits per heavy atom. The smallest absolute Gasteiger partial charge is 0.239 e. The maximum absolute atomic E-state index is 12.2. The van der Waals surface area contributed by atoms with Gasteiger partial charge in [0.15, 0.2) is 0 Å². The number of nitrogens with two attached hydrogens (primary N) is 1. The fourth-order valence-electron chi connectivity index (χ4n) is 2.66. The second-order valence-corrected chi connectivity index (χ2v) is 6.47. The molecule has 1 fully saturated rings. The molecule has 1 aliphatic heterocycles. The Morgan fingerprint density at radius 1 is 1.30 bits per heavy atom. The highest BCUT2D eigenvalue weighted by molar-refractivity contribution is 5.82. The first kappa shape index (κ1) is 17.0. The molecule has 0 radical (unpaired) electrons. The number of rotatable bonds is 5. The van der Waals surface area contributed by atoms with Gasteiger partial charge in [-0.2, -0.15) is 0 Å². The van der Waals surface area contributed by atoms with Crippen LogP contribution in [0.25, 0.3) is 0 Å². The monoisotopic (exact) mass is 283 g/mol. The minimum absolute atomic E-state index is 0.0430. The van der Waals surface area contributed by atoms with E-state index in [4.69, 9.17) is 5.73 Å². The quantitative estimate of drug-likeness (QED) is 0.821. The Hall–Kier alpha value is -1.10. The Labute approximate surface area is 122 Å². The van der Waals surface area contributed by atoms with Crippen LogP contribution < -0.4 is 5.73 Å². The zero-order chi connectivity index (χ0) is 15.4. The maximum atomic E-state index is 12.2. The van der Waals surface area contributed by atoms with E-state index in [9.17, 15) is 9.59 Å². The van der Waals surface area contributed by atoms with Crippen molar-refractivity contribution in [3.8, 4) is 0 Å². The van der Waals surface area contributed by atoms with Gasteiger partial charge in [-0.3, -0.25) is 9.59 Å². The van der Waals surface area contributed by atoms with E-state index >= 15 is 0 Å². The number of hydrogen-bond donors (Lipinski definition) is 1. The lowest BCUT2D eigenvalue weighted by atomic mass is 10.0. The maximum Gasteiger partial charge on any atom is 0.239 e. The van der Waals surface area contributed by atoms with Gasteiger partial charge < -0.3 is 15.5 Å². The molecule has 0 unspecified atom stereocenters. The van der Waals surface area contributed by atoms with Crippen LogP contribution in [0.5, 0.6) is 0 Å². The lowest BCUT2D eigenvalue weighted by Gasteiger charge is -2.28. The number of nitrogens with zero attached hydrogens (tertiary/aromatic N) is 2. The summed E-state index contributed by atoms with van der Waals surface area (Å²) in [5, 5.41) is 0. The molecule has 116 valence electrons. The highest BCUT2D eigenvalue weighted by Gasteiger charge is 2.32. The van der Waals surface area contributed by atoms with Crippen LogP contribution in [0.2, 0.25) is 0 Å². The van der Waals surface area contributed by atoms with Crippen LogP contribution in [0.1, 0.15) is 41.0 Å². The van der Waals surface area contributed by atoms with Crippen molar-refractivity contribution in [2.75, 3.05) is 19.6 Å². The first-order valence-corrected chi connectivity index (χ1v) is 7.55. The molecule has 1 heterocycles. The Bertz CT molecular complexity index is 355. The normalized spacial score (nSPS) is 20.6. The molecule has 1 aliphatic rings. The van der Waals surface area contributed by atoms with Crippen LogP contribution in [-0.4, -0.2) is 53.3 Å². The summed E-state index contributed by atoms with van der Waals surface area (Å²) in [6.45, 7) is 11.8. The molecule has 2 amide bonds. The largest absolute Gasteiger partial charge is 0.341 e. The van der Waals surface area contributed by atoms with Crippen molar-refractivity contribution < 1.29 is 9.59 Å². The number of carbonyl (C=O) groups is 2. The number of carbonyl (C=O) groups excluding carboxylic acids is 2. The minimum Gasteiger partial charge on any atom is -0.341 e. The summed E-state index contributed by atoms with van der Waals surface area (Å²) in [6.07, 6.45) is 0.951. The van der Waals surface area contributed by atoms with Crippen LogP contribution in [0.15, 0.2) is 0 Å². The van der Waals surface area contributed by atoms with Gasteiger partial charge in [-0.05, 0) is 32.1 Å². The number of likely N-dealkylation sites (tertiary alicyclic amines) is 1. The standard InChI is InChI=1S/C15H29N3O2/c1-10(2)14(16)15(20)17-7-6-13(8-17)9-18(11(3)4)12(5)19/h10-11,13-14H,6-9,16H2,1-5H3/t13-,14-/m0/s1. The van der Waals surface area contributed by atoms with Gasteiger partial charge in [0.05, 0.1) is 6.04 Å². The molecule has 1 saturated heterocycles. The van der Waals surface area contributed by atoms with Crippen LogP contribution >= 0.6 is 0 Å². The average Bonchev–Trinajstić information content (AvgIpc) is 2.81. The Kier molecular flexibility index (Phi) is 5.99. The SMILES string of the molecule is CC(=O)N(C[C@H]1CCN(C(=O)[C@@H](N)C(C)C)C1)C(C)C. The van der Waals surface area contributed by atoms with E-state index in [0.29, 0.717) is 5.92 Å². The van der Waals surface area contributed by atoms with Gasteiger partial charge in [0.2, 0.25) is 11.8 Å². The molecule has 0 bridgehead atoms. The lowest BCUT2D eigenvalue weighted by molar-refractivity contribution is -0.132. The van der Waals surface area contributed by atoms with Gasteiger partial charge >= 0.3 is 0 Å². The van der Waals surface area contributed by atoms with Crippen molar-refractivity contribution in [2.24, 2.45) is 17.6 Å². The van der Waals surface area contributed by atoms with Crippen molar-refractivity contribution in [3.05, 3.63) is 0 Å². The summed E-state index contributed by atoms with van der Waals surface area (Å²) in [5.41, 5.74) is 5.93. The fourth-order valence-corrected chi connectivity index (χ4v) is 2.66. The van der Waals surface area contributed by atoms with Gasteiger partial charge in [0.1, 0.15) is 0 Å². The molecule has 2 atom stereocenters. The van der Waals surface area contributed by atoms with Gasteiger partial charge in [-0.15, -0.1) is 0 Å². The molecule has 0 aromatic carbocycles. The third-order valence-corrected chi connectivity index (χ3v) is 4.08. The molecular formula is C15H29N3O2. The average molecular weight is 283 g/mol. The van der Waals surface area contributed by atoms with Crippen molar-refractivity contribution in [1.29, 1.82) is 0 Å². The van der Waals surface area contributed by atoms with E-state index in [2.05, 4.69) is 0 Å². The molecular weight excluding hydrogens is 254 g/mol. The second kappa shape index (κ2) is 7.07. The predicted molar refractivity (Wildman–Crippen MR) is 80.0 cm³/mol. The third kappa shape index (κ3) is 4.20. The number of amides is 2. The van der Waals surface area contributed by atoms with Crippen LogP contribution in [0, 0.1) is 11.8 Å². The van der Waals surface area contributed by atoms with Crippen LogP contribution in [0.3, 0.4) is 0 Å². The van der Waals surface area contributed by atoms with E-state index < -0.39 is 6.04 Å². The highest BCUT2D eigenvalue weighted by Crippen LogP contribution is 2.20. The third-order valence-electron chi connectivity index (χ3n) is 4.08. The summed E-state index contributed by atoms with van der Waals surface area (Å²) in [7, 11) is 0. The second-order valence-electron chi connectivity index (χ2n) is 6.47. The topological polar surface area (TPSA) is 66.6 Å². The highest BCUT2D eigenvalue weighted by atomic mass is 16.2. The molecule has 0 aromatic heterocycles. The zero-order valence-corrected chi connectivity index (χ0v) is 13.4. The van der Waals surface area contributed by atoms with E-state index in [0.717, 1.165) is 26.1 Å². The van der Waals surface area contributed by atoms with Crippen LogP contribution in [-0.2, 0) is 9.59 Å². The molecule has 0 spiro atoms. The summed E-state index contributed by atoms with van der Waals surface area (Å²) in [6, 6.07) is -0.210. The van der Waals surface area contributed by atoms with Crippen molar-refractivity contribution in [3.63, 3.8) is 0 Å². The van der Waals surface area contributed by atoms with Gasteiger partial charge in [0, 0.05) is 32.6 Å². The zero-order valence-electron chi connectivity index (χ0n) is 13.4. The fraction of sp³-hybridized carbons (Fsp3) is 0.867. The molecule has 1 rings (SSSR count). The summed E-state index contributed by atoms with van der Waals surface area (Å²) >= 11 is 0. The van der Waals surface area contributed by atoms with E-state index in [-0.39, 0.29) is 23.8 Å². The first-order chi connectivity index (χ1) is 9.23. The Morgan fingerprint density at radius 3 is 2.35 bits per heavy atom. The number of hydrogen-bond acceptors (Lipinski definition) is 3. The van der Waals surface area contributed by atoms with Crippen LogP contribution in [0.4, 0.5) is 0 Å². The first-order valence-electron chi connectivity index (χ1n) is 7.55. The van der Waals surface area contributed by atoms with E-state index in [1.807, 2.05) is 37.5 Å². The molecule has 20 heavy (non-hydrogen) atoms. The lowest BCUT2D eigenvalue weighted by Crippen LogP contribution is -2.46. The molecule has 0 aromatic rings. The Balaban J connectivity index is 2.55. The molecule has 5 nitrogen and oxygen atoms in total. The van der Waals surface area contributed by atoms with Crippen molar-refractivity contribution >= 4 is 11.8 Å². The summed E-state index contributed by atoms with van der Waals surface area (Å²) in [4.78, 5) is 27.5. The predicted octanol–water partition coefficient (Wildman–Crippen LogP) is 1.08.